The number of hydrogen-bond donors (Lipinski definition) is 0. The minimum absolute atomic E-state index is 0.0401. The molecule has 1 heterocycles. The number of hydrogen-bond acceptors (Lipinski definition) is 5. The van der Waals surface area contributed by atoms with Crippen molar-refractivity contribution in [3.8, 4) is 0 Å². The van der Waals surface area contributed by atoms with Crippen LogP contribution in [0, 0.1) is 5.92 Å². The molecule has 1 aliphatic rings. The van der Waals surface area contributed by atoms with Crippen molar-refractivity contribution in [2.45, 2.75) is 44.0 Å². The largest absolute Gasteiger partial charge is 0.449 e. The van der Waals surface area contributed by atoms with Crippen molar-refractivity contribution in [1.82, 2.24) is 4.98 Å². The van der Waals surface area contributed by atoms with Gasteiger partial charge in [0.1, 0.15) is 0 Å². The first-order valence-electron chi connectivity index (χ1n) is 12.4. The standard InChI is InChI=1S/C31H29NO4/c33-20-29(23-10-3-1-4-11-23)36-31(34)30(24-12-5-2-6-13-24)25-16-18-27(19-25)35-21-26-17-15-22-9-7-8-14-28(22)32-26/h1-15,17,20,25,27,29-30H,16,18-19,21H2. The van der Waals surface area contributed by atoms with Crippen LogP contribution >= 0.6 is 0 Å². The fourth-order valence-corrected chi connectivity index (χ4v) is 5.10. The molecule has 1 aliphatic carbocycles. The minimum atomic E-state index is -0.919. The summed E-state index contributed by atoms with van der Waals surface area (Å²) >= 11 is 0. The van der Waals surface area contributed by atoms with Crippen LogP contribution < -0.4 is 0 Å². The first-order valence-corrected chi connectivity index (χ1v) is 12.4. The van der Waals surface area contributed by atoms with Crippen LogP contribution in [0.5, 0.6) is 0 Å². The zero-order valence-electron chi connectivity index (χ0n) is 20.0. The topological polar surface area (TPSA) is 65.5 Å². The highest BCUT2D eigenvalue weighted by atomic mass is 16.5. The second-order valence-electron chi connectivity index (χ2n) is 9.29. The number of para-hydroxylation sites is 1. The van der Waals surface area contributed by atoms with Gasteiger partial charge in [-0.25, -0.2) is 0 Å². The van der Waals surface area contributed by atoms with Crippen molar-refractivity contribution in [2.75, 3.05) is 0 Å². The Morgan fingerprint density at radius 2 is 1.56 bits per heavy atom. The number of aromatic nitrogens is 1. The first-order chi connectivity index (χ1) is 17.7. The lowest BCUT2D eigenvalue weighted by molar-refractivity contribution is -0.155. The predicted octanol–water partition coefficient (Wildman–Crippen LogP) is 6.19. The summed E-state index contributed by atoms with van der Waals surface area (Å²) < 4.78 is 12.0. The first kappa shape index (κ1) is 23.9. The lowest BCUT2D eigenvalue weighted by Gasteiger charge is -2.24. The molecule has 4 atom stereocenters. The average Bonchev–Trinajstić information content (AvgIpc) is 3.40. The minimum Gasteiger partial charge on any atom is -0.449 e. The van der Waals surface area contributed by atoms with E-state index in [1.807, 2.05) is 78.9 Å². The SMILES string of the molecule is O=CC(OC(=O)C(c1ccccc1)C1CCC(OCc2ccc3ccccc3n2)C1)c1ccccc1. The molecule has 1 saturated carbocycles. The molecule has 0 bridgehead atoms. The molecule has 4 aromatic rings. The summed E-state index contributed by atoms with van der Waals surface area (Å²) in [5, 5.41) is 1.11. The van der Waals surface area contributed by atoms with Crippen LogP contribution in [0.1, 0.15) is 48.1 Å². The van der Waals surface area contributed by atoms with Gasteiger partial charge in [-0.1, -0.05) is 84.9 Å². The fraction of sp³-hybridized carbons (Fsp3) is 0.258. The van der Waals surface area contributed by atoms with Crippen molar-refractivity contribution in [3.63, 3.8) is 0 Å². The molecule has 3 aromatic carbocycles. The van der Waals surface area contributed by atoms with Crippen LogP contribution in [0.15, 0.2) is 97.1 Å². The molecule has 0 N–H and O–H groups in total. The molecule has 0 amide bonds. The van der Waals surface area contributed by atoms with Crippen molar-refractivity contribution >= 4 is 23.2 Å². The highest BCUT2D eigenvalue weighted by molar-refractivity contribution is 5.81. The highest BCUT2D eigenvalue weighted by Gasteiger charge is 2.38. The summed E-state index contributed by atoms with van der Waals surface area (Å²) in [5.74, 6) is -0.758. The highest BCUT2D eigenvalue weighted by Crippen LogP contribution is 2.40. The predicted molar refractivity (Wildman–Crippen MR) is 138 cm³/mol. The van der Waals surface area contributed by atoms with Crippen molar-refractivity contribution in [1.29, 1.82) is 0 Å². The zero-order chi connectivity index (χ0) is 24.7. The number of fused-ring (bicyclic) bond motifs is 1. The molecule has 5 nitrogen and oxygen atoms in total. The quantitative estimate of drug-likeness (QED) is 0.212. The molecule has 0 spiro atoms. The Hall–Kier alpha value is -3.83. The van der Waals surface area contributed by atoms with Crippen LogP contribution in [0.2, 0.25) is 0 Å². The smallest absolute Gasteiger partial charge is 0.314 e. The summed E-state index contributed by atoms with van der Waals surface area (Å²) in [5.41, 5.74) is 3.43. The molecule has 5 rings (SSSR count). The number of pyridine rings is 1. The van der Waals surface area contributed by atoms with Crippen molar-refractivity contribution in [3.05, 3.63) is 114 Å². The summed E-state index contributed by atoms with van der Waals surface area (Å²) in [4.78, 5) is 29.9. The third-order valence-corrected chi connectivity index (χ3v) is 6.93. The van der Waals surface area contributed by atoms with Crippen molar-refractivity contribution < 1.29 is 19.1 Å². The van der Waals surface area contributed by atoms with Gasteiger partial charge in [-0.05, 0) is 48.4 Å². The molecule has 0 radical (unpaired) electrons. The van der Waals surface area contributed by atoms with E-state index in [2.05, 4.69) is 6.07 Å². The van der Waals surface area contributed by atoms with E-state index in [1.165, 1.54) is 0 Å². The van der Waals surface area contributed by atoms with Gasteiger partial charge >= 0.3 is 5.97 Å². The molecule has 36 heavy (non-hydrogen) atoms. The van der Waals surface area contributed by atoms with Gasteiger partial charge in [0.15, 0.2) is 12.4 Å². The number of carbonyl (C=O) groups excluding carboxylic acids is 2. The maximum absolute atomic E-state index is 13.5. The molecule has 1 fully saturated rings. The van der Waals surface area contributed by atoms with Gasteiger partial charge in [-0.15, -0.1) is 0 Å². The van der Waals surface area contributed by atoms with Crippen LogP contribution in [0.4, 0.5) is 0 Å². The Morgan fingerprint density at radius 3 is 2.31 bits per heavy atom. The number of ether oxygens (including phenoxy) is 2. The van der Waals surface area contributed by atoms with Gasteiger partial charge in [0.25, 0.3) is 0 Å². The maximum atomic E-state index is 13.5. The molecule has 1 aromatic heterocycles. The number of esters is 1. The van der Waals surface area contributed by atoms with Gasteiger partial charge in [0.05, 0.1) is 29.8 Å². The molecular weight excluding hydrogens is 450 g/mol. The third kappa shape index (κ3) is 5.52. The Balaban J connectivity index is 1.27. The lowest BCUT2D eigenvalue weighted by atomic mass is 9.84. The zero-order valence-corrected chi connectivity index (χ0v) is 20.0. The Bertz CT molecular complexity index is 1310. The average molecular weight is 480 g/mol. The van der Waals surface area contributed by atoms with E-state index in [-0.39, 0.29) is 18.0 Å². The molecule has 5 heteroatoms. The van der Waals surface area contributed by atoms with Crippen LogP contribution in [0.3, 0.4) is 0 Å². The second kappa shape index (κ2) is 11.3. The van der Waals surface area contributed by atoms with Crippen LogP contribution in [0.25, 0.3) is 10.9 Å². The summed E-state index contributed by atoms with van der Waals surface area (Å²) in [6.45, 7) is 0.434. The van der Waals surface area contributed by atoms with E-state index in [1.54, 1.807) is 12.1 Å². The van der Waals surface area contributed by atoms with E-state index in [9.17, 15) is 9.59 Å². The van der Waals surface area contributed by atoms with E-state index >= 15 is 0 Å². The monoisotopic (exact) mass is 479 g/mol. The lowest BCUT2D eigenvalue weighted by Crippen LogP contribution is -2.25. The summed E-state index contributed by atoms with van der Waals surface area (Å²) in [6.07, 6.45) is 2.27. The van der Waals surface area contributed by atoms with E-state index in [4.69, 9.17) is 14.5 Å². The Morgan fingerprint density at radius 1 is 0.861 bits per heavy atom. The van der Waals surface area contributed by atoms with Crippen LogP contribution in [-0.2, 0) is 25.7 Å². The number of aldehydes is 1. The number of benzene rings is 3. The number of nitrogens with zero attached hydrogens (tertiary/aromatic N) is 1. The molecule has 0 saturated heterocycles. The Kier molecular flexibility index (Phi) is 7.48. The molecule has 0 aliphatic heterocycles. The normalized spacial score (nSPS) is 19.0. The maximum Gasteiger partial charge on any atom is 0.314 e. The second-order valence-corrected chi connectivity index (χ2v) is 9.29. The summed E-state index contributed by atoms with van der Waals surface area (Å²) in [6, 6.07) is 30.9. The van der Waals surface area contributed by atoms with E-state index in [0.29, 0.717) is 18.5 Å². The summed E-state index contributed by atoms with van der Waals surface area (Å²) in [7, 11) is 0. The van der Waals surface area contributed by atoms with Crippen LogP contribution in [-0.4, -0.2) is 23.3 Å². The molecular formula is C31H29NO4. The van der Waals surface area contributed by atoms with Gasteiger partial charge in [0, 0.05) is 5.39 Å². The number of rotatable bonds is 9. The molecule has 182 valence electrons. The van der Waals surface area contributed by atoms with Crippen molar-refractivity contribution in [2.24, 2.45) is 5.92 Å². The van der Waals surface area contributed by atoms with E-state index in [0.717, 1.165) is 41.4 Å². The Labute approximate surface area is 211 Å². The molecule has 4 unspecified atom stereocenters. The van der Waals surface area contributed by atoms with Gasteiger partial charge in [-0.2, -0.15) is 0 Å². The van der Waals surface area contributed by atoms with E-state index < -0.39 is 12.0 Å². The van der Waals surface area contributed by atoms with Gasteiger partial charge in [0.2, 0.25) is 0 Å². The van der Waals surface area contributed by atoms with Gasteiger partial charge < -0.3 is 9.47 Å². The number of carbonyl (C=O) groups is 2. The van der Waals surface area contributed by atoms with Gasteiger partial charge in [-0.3, -0.25) is 14.6 Å². The third-order valence-electron chi connectivity index (χ3n) is 6.93. The fourth-order valence-electron chi connectivity index (χ4n) is 5.10.